The van der Waals surface area contributed by atoms with Gasteiger partial charge in [-0.3, -0.25) is 0 Å². The number of hydrogen-bond donors (Lipinski definition) is 2. The quantitative estimate of drug-likeness (QED) is 0.829. The molecule has 0 bridgehead atoms. The normalized spacial score (nSPS) is 10.6. The van der Waals surface area contributed by atoms with E-state index >= 15 is 0 Å². The van der Waals surface area contributed by atoms with Crippen molar-refractivity contribution in [3.8, 4) is 5.75 Å². The van der Waals surface area contributed by atoms with Gasteiger partial charge in [-0.05, 0) is 18.2 Å². The highest BCUT2D eigenvalue weighted by Crippen LogP contribution is 2.31. The third kappa shape index (κ3) is 2.27. The lowest BCUT2D eigenvalue weighted by molar-refractivity contribution is 0.310. The van der Waals surface area contributed by atoms with E-state index in [1.807, 2.05) is 0 Å². The molecule has 0 aliphatic heterocycles. The van der Waals surface area contributed by atoms with Crippen molar-refractivity contribution in [1.29, 1.82) is 0 Å². The van der Waals surface area contributed by atoms with Gasteiger partial charge in [0.2, 0.25) is 5.75 Å². The number of ether oxygens (including phenoxy) is 1. The summed E-state index contributed by atoms with van der Waals surface area (Å²) in [5, 5.41) is 12.9. The van der Waals surface area contributed by atoms with E-state index < -0.39 is 5.63 Å². The first-order chi connectivity index (χ1) is 8.67. The minimum atomic E-state index is -0.576. The van der Waals surface area contributed by atoms with Gasteiger partial charge in [0.15, 0.2) is 0 Å². The van der Waals surface area contributed by atoms with Crippen LogP contribution in [0, 0.1) is 0 Å². The molecule has 0 saturated heterocycles. The van der Waals surface area contributed by atoms with E-state index in [2.05, 4.69) is 5.32 Å². The first-order valence-electron chi connectivity index (χ1n) is 5.32. The monoisotopic (exact) mass is 269 g/mol. The van der Waals surface area contributed by atoms with Crippen LogP contribution in [0.5, 0.6) is 5.75 Å². The molecule has 1 aromatic heterocycles. The number of anilines is 1. The maximum Gasteiger partial charge on any atom is 0.381 e. The van der Waals surface area contributed by atoms with Gasteiger partial charge in [-0.25, -0.2) is 4.79 Å². The Balaban J connectivity index is 2.72. The van der Waals surface area contributed by atoms with Crippen LogP contribution < -0.4 is 15.7 Å². The van der Waals surface area contributed by atoms with Gasteiger partial charge in [-0.2, -0.15) is 0 Å². The number of aliphatic hydroxyl groups is 1. The second-order valence-corrected chi connectivity index (χ2v) is 4.03. The van der Waals surface area contributed by atoms with Crippen molar-refractivity contribution in [3.63, 3.8) is 0 Å². The average molecular weight is 270 g/mol. The van der Waals surface area contributed by atoms with Gasteiger partial charge >= 0.3 is 5.63 Å². The van der Waals surface area contributed by atoms with Gasteiger partial charge in [0.1, 0.15) is 5.58 Å². The standard InChI is InChI=1S/C12H12ClNO4/c1-17-11-10(14-4-5-15)8-6-7(13)2-3-9(8)18-12(11)16/h2-3,6,14-15H,4-5H2,1H3. The molecule has 2 N–H and O–H groups in total. The largest absolute Gasteiger partial charge is 0.488 e. The molecule has 0 saturated carbocycles. The molecule has 96 valence electrons. The molecule has 0 spiro atoms. The van der Waals surface area contributed by atoms with Crippen molar-refractivity contribution in [1.82, 2.24) is 0 Å². The fourth-order valence-electron chi connectivity index (χ4n) is 1.70. The highest BCUT2D eigenvalue weighted by Gasteiger charge is 2.15. The minimum absolute atomic E-state index is 0.0640. The van der Waals surface area contributed by atoms with Gasteiger partial charge in [-0.15, -0.1) is 0 Å². The summed E-state index contributed by atoms with van der Waals surface area (Å²) < 4.78 is 10.1. The lowest BCUT2D eigenvalue weighted by Crippen LogP contribution is -2.12. The van der Waals surface area contributed by atoms with Crippen molar-refractivity contribution in [2.24, 2.45) is 0 Å². The maximum absolute atomic E-state index is 11.7. The molecule has 0 atom stereocenters. The van der Waals surface area contributed by atoms with Gasteiger partial charge < -0.3 is 19.6 Å². The predicted octanol–water partition coefficient (Wildman–Crippen LogP) is 1.86. The van der Waals surface area contributed by atoms with Crippen LogP contribution in [-0.2, 0) is 0 Å². The number of hydrogen-bond acceptors (Lipinski definition) is 5. The van der Waals surface area contributed by atoms with Crippen LogP contribution in [0.3, 0.4) is 0 Å². The molecule has 0 aliphatic rings. The van der Waals surface area contributed by atoms with Crippen molar-refractivity contribution in [2.45, 2.75) is 0 Å². The van der Waals surface area contributed by atoms with E-state index in [0.717, 1.165) is 0 Å². The number of rotatable bonds is 4. The van der Waals surface area contributed by atoms with E-state index in [1.54, 1.807) is 18.2 Å². The fourth-order valence-corrected chi connectivity index (χ4v) is 1.87. The van der Waals surface area contributed by atoms with Gasteiger partial charge in [0, 0.05) is 17.0 Å². The Bertz CT molecular complexity index is 623. The molecule has 0 unspecified atom stereocenters. The highest BCUT2D eigenvalue weighted by molar-refractivity contribution is 6.31. The molecule has 18 heavy (non-hydrogen) atoms. The van der Waals surface area contributed by atoms with Crippen molar-refractivity contribution in [2.75, 3.05) is 25.6 Å². The SMILES string of the molecule is COc1c(NCCO)c2cc(Cl)ccc2oc1=O. The van der Waals surface area contributed by atoms with Crippen molar-refractivity contribution >= 4 is 28.3 Å². The molecule has 6 heteroatoms. The topological polar surface area (TPSA) is 71.7 Å². The zero-order valence-corrected chi connectivity index (χ0v) is 10.5. The van der Waals surface area contributed by atoms with E-state index in [9.17, 15) is 4.79 Å². The summed E-state index contributed by atoms with van der Waals surface area (Å²) in [7, 11) is 1.38. The summed E-state index contributed by atoms with van der Waals surface area (Å²) in [6.45, 7) is 0.229. The second-order valence-electron chi connectivity index (χ2n) is 3.59. The van der Waals surface area contributed by atoms with Crippen LogP contribution in [-0.4, -0.2) is 25.4 Å². The van der Waals surface area contributed by atoms with Crippen LogP contribution in [0.2, 0.25) is 5.02 Å². The fraction of sp³-hybridized carbons (Fsp3) is 0.250. The van der Waals surface area contributed by atoms with Gasteiger partial charge in [-0.1, -0.05) is 11.6 Å². The average Bonchev–Trinajstić information content (AvgIpc) is 2.36. The van der Waals surface area contributed by atoms with Crippen LogP contribution in [0.4, 0.5) is 5.69 Å². The van der Waals surface area contributed by atoms with Crippen molar-refractivity contribution in [3.05, 3.63) is 33.6 Å². The molecule has 5 nitrogen and oxygen atoms in total. The number of halogens is 1. The highest BCUT2D eigenvalue weighted by atomic mass is 35.5. The molecule has 2 rings (SSSR count). The summed E-state index contributed by atoms with van der Waals surface area (Å²) in [5.74, 6) is 0.0678. The minimum Gasteiger partial charge on any atom is -0.488 e. The number of fused-ring (bicyclic) bond motifs is 1. The Morgan fingerprint density at radius 3 is 2.94 bits per heavy atom. The van der Waals surface area contributed by atoms with Gasteiger partial charge in [0.05, 0.1) is 19.4 Å². The summed E-state index contributed by atoms with van der Waals surface area (Å²) in [4.78, 5) is 11.7. The molecule has 1 aromatic carbocycles. The Labute approximate surface area is 108 Å². The van der Waals surface area contributed by atoms with E-state index in [4.69, 9.17) is 25.9 Å². The lowest BCUT2D eigenvalue weighted by Gasteiger charge is -2.11. The zero-order valence-electron chi connectivity index (χ0n) is 9.70. The number of aliphatic hydroxyl groups excluding tert-OH is 1. The number of benzene rings is 1. The van der Waals surface area contributed by atoms with E-state index in [0.29, 0.717) is 28.2 Å². The zero-order chi connectivity index (χ0) is 13.1. The van der Waals surface area contributed by atoms with E-state index in [1.165, 1.54) is 7.11 Å². The van der Waals surface area contributed by atoms with E-state index in [-0.39, 0.29) is 12.4 Å². The third-order valence-electron chi connectivity index (χ3n) is 2.44. The van der Waals surface area contributed by atoms with Gasteiger partial charge in [0.25, 0.3) is 0 Å². The molecular formula is C12H12ClNO4. The first kappa shape index (κ1) is 12.7. The summed E-state index contributed by atoms with van der Waals surface area (Å²) in [6.07, 6.45) is 0. The molecule has 2 aromatic rings. The van der Waals surface area contributed by atoms with Crippen molar-refractivity contribution < 1.29 is 14.3 Å². The molecule has 0 fully saturated rings. The van der Waals surface area contributed by atoms with Crippen LogP contribution >= 0.6 is 11.6 Å². The molecule has 0 amide bonds. The Kier molecular flexibility index (Phi) is 3.74. The molecule has 0 aliphatic carbocycles. The molecule has 1 heterocycles. The predicted molar refractivity (Wildman–Crippen MR) is 69.6 cm³/mol. The smallest absolute Gasteiger partial charge is 0.381 e. The number of methoxy groups -OCH3 is 1. The number of nitrogens with one attached hydrogen (secondary N) is 1. The summed E-state index contributed by atoms with van der Waals surface area (Å²) in [6, 6.07) is 4.92. The maximum atomic E-state index is 11.7. The summed E-state index contributed by atoms with van der Waals surface area (Å²) in [5.41, 5.74) is 0.304. The van der Waals surface area contributed by atoms with Crippen LogP contribution in [0.15, 0.2) is 27.4 Å². The Morgan fingerprint density at radius 2 is 2.28 bits per heavy atom. The van der Waals surface area contributed by atoms with Crippen LogP contribution in [0.25, 0.3) is 11.0 Å². The molecular weight excluding hydrogens is 258 g/mol. The summed E-state index contributed by atoms with van der Waals surface area (Å²) >= 11 is 5.92. The molecule has 0 radical (unpaired) electrons. The lowest BCUT2D eigenvalue weighted by atomic mass is 10.2. The third-order valence-corrected chi connectivity index (χ3v) is 2.68. The Hall–Kier alpha value is -1.72. The van der Waals surface area contributed by atoms with Crippen LogP contribution in [0.1, 0.15) is 0 Å². The second kappa shape index (κ2) is 5.29. The first-order valence-corrected chi connectivity index (χ1v) is 5.70. The Morgan fingerprint density at radius 1 is 1.50 bits per heavy atom.